The Kier molecular flexibility index (Phi) is 6.46. The number of hydrogen-bond acceptors (Lipinski definition) is 2. The van der Waals surface area contributed by atoms with Crippen molar-refractivity contribution in [2.24, 2.45) is 0 Å². The highest BCUT2D eigenvalue weighted by Gasteiger charge is 2.11. The minimum atomic E-state index is 0.676. The van der Waals surface area contributed by atoms with Crippen molar-refractivity contribution in [3.8, 4) is 22.3 Å². The largest absolute Gasteiger partial charge is 0.298 e. The summed E-state index contributed by atoms with van der Waals surface area (Å²) in [7, 11) is 0. The van der Waals surface area contributed by atoms with E-state index in [1.165, 1.54) is 22.3 Å². The van der Waals surface area contributed by atoms with Gasteiger partial charge in [0.05, 0.1) is 0 Å². The van der Waals surface area contributed by atoms with Gasteiger partial charge in [0.1, 0.15) is 12.6 Å². The van der Waals surface area contributed by atoms with Gasteiger partial charge < -0.3 is 0 Å². The van der Waals surface area contributed by atoms with Gasteiger partial charge in [-0.1, -0.05) is 78.9 Å². The van der Waals surface area contributed by atoms with Gasteiger partial charge in [-0.15, -0.1) is 0 Å². The van der Waals surface area contributed by atoms with Crippen molar-refractivity contribution in [2.45, 2.75) is 20.8 Å². The summed E-state index contributed by atoms with van der Waals surface area (Å²) in [5, 5.41) is 0. The van der Waals surface area contributed by atoms with Crippen LogP contribution in [0.4, 0.5) is 0 Å². The zero-order valence-corrected chi connectivity index (χ0v) is 19.1. The second-order valence-corrected chi connectivity index (χ2v) is 8.31. The summed E-state index contributed by atoms with van der Waals surface area (Å²) >= 11 is 0. The Labute approximate surface area is 195 Å². The SMILES string of the molecule is Cc1ccc(C=O)cc1/C=C/c1cccc(-c2cccc(-c3cccc(C=O)c3)c2C)c1C. The molecule has 0 saturated heterocycles. The maximum atomic E-state index is 11.2. The molecule has 0 N–H and O–H groups in total. The molecule has 2 nitrogen and oxygen atoms in total. The fraction of sp³-hybridized carbons (Fsp3) is 0.0968. The van der Waals surface area contributed by atoms with Gasteiger partial charge in [-0.25, -0.2) is 0 Å². The van der Waals surface area contributed by atoms with Crippen molar-refractivity contribution in [1.82, 2.24) is 0 Å². The molecule has 162 valence electrons. The highest BCUT2D eigenvalue weighted by Crippen LogP contribution is 2.34. The third-order valence-corrected chi connectivity index (χ3v) is 6.22. The van der Waals surface area contributed by atoms with E-state index in [4.69, 9.17) is 0 Å². The molecule has 0 spiro atoms. The van der Waals surface area contributed by atoms with Crippen LogP contribution in [-0.2, 0) is 0 Å². The van der Waals surface area contributed by atoms with Crippen LogP contribution in [0.25, 0.3) is 34.4 Å². The average Bonchev–Trinajstić information content (AvgIpc) is 2.84. The molecule has 0 saturated carbocycles. The molecule has 0 aliphatic rings. The van der Waals surface area contributed by atoms with Gasteiger partial charge in [0, 0.05) is 11.1 Å². The maximum Gasteiger partial charge on any atom is 0.150 e. The number of aldehydes is 2. The summed E-state index contributed by atoms with van der Waals surface area (Å²) in [6.45, 7) is 6.32. The molecule has 0 bridgehead atoms. The van der Waals surface area contributed by atoms with E-state index < -0.39 is 0 Å². The number of rotatable bonds is 6. The predicted octanol–water partition coefficient (Wildman–Crippen LogP) is 7.74. The summed E-state index contributed by atoms with van der Waals surface area (Å²) in [6.07, 6.45) is 5.95. The van der Waals surface area contributed by atoms with Crippen LogP contribution < -0.4 is 0 Å². The standard InChI is InChI=1S/C31H26O2/c1-21-13-14-25(20-33)17-27(21)16-15-26-8-5-11-30(22(26)2)31-12-6-10-29(23(31)3)28-9-4-7-24(18-28)19-32/h4-20H,1-3H3/b16-15+. The third kappa shape index (κ3) is 4.61. The molecule has 0 heterocycles. The van der Waals surface area contributed by atoms with Crippen LogP contribution in [0.3, 0.4) is 0 Å². The van der Waals surface area contributed by atoms with Gasteiger partial charge in [-0.2, -0.15) is 0 Å². The summed E-state index contributed by atoms with van der Waals surface area (Å²) in [4.78, 5) is 22.4. The van der Waals surface area contributed by atoms with E-state index >= 15 is 0 Å². The number of aryl methyl sites for hydroxylation is 1. The van der Waals surface area contributed by atoms with Gasteiger partial charge in [0.15, 0.2) is 0 Å². The lowest BCUT2D eigenvalue weighted by Crippen LogP contribution is -1.93. The number of benzene rings is 4. The fourth-order valence-corrected chi connectivity index (χ4v) is 4.24. The minimum Gasteiger partial charge on any atom is -0.298 e. The first-order valence-electron chi connectivity index (χ1n) is 11.0. The van der Waals surface area contributed by atoms with E-state index in [0.717, 1.165) is 40.4 Å². The molecule has 0 unspecified atom stereocenters. The molecule has 4 aromatic carbocycles. The van der Waals surface area contributed by atoms with E-state index in [1.54, 1.807) is 0 Å². The first-order chi connectivity index (χ1) is 16.0. The molecule has 4 rings (SSSR count). The first kappa shape index (κ1) is 22.2. The van der Waals surface area contributed by atoms with E-state index in [2.05, 4.69) is 62.4 Å². The van der Waals surface area contributed by atoms with E-state index in [-0.39, 0.29) is 0 Å². The molecular weight excluding hydrogens is 404 g/mol. The van der Waals surface area contributed by atoms with Gasteiger partial charge in [-0.3, -0.25) is 9.59 Å². The van der Waals surface area contributed by atoms with Gasteiger partial charge >= 0.3 is 0 Å². The second-order valence-electron chi connectivity index (χ2n) is 8.31. The first-order valence-corrected chi connectivity index (χ1v) is 11.0. The minimum absolute atomic E-state index is 0.676. The normalized spacial score (nSPS) is 11.0. The molecule has 0 fully saturated rings. The van der Waals surface area contributed by atoms with Gasteiger partial charge in [0.2, 0.25) is 0 Å². The molecule has 0 amide bonds. The molecule has 33 heavy (non-hydrogen) atoms. The number of carbonyl (C=O) groups is 2. The van der Waals surface area contributed by atoms with Gasteiger partial charge in [0.25, 0.3) is 0 Å². The third-order valence-electron chi connectivity index (χ3n) is 6.22. The van der Waals surface area contributed by atoms with Crippen molar-refractivity contribution in [1.29, 1.82) is 0 Å². The van der Waals surface area contributed by atoms with Crippen LogP contribution in [0.5, 0.6) is 0 Å². The maximum absolute atomic E-state index is 11.2. The lowest BCUT2D eigenvalue weighted by Gasteiger charge is -2.15. The highest BCUT2D eigenvalue weighted by molar-refractivity contribution is 5.85. The Bertz CT molecular complexity index is 1380. The van der Waals surface area contributed by atoms with Crippen LogP contribution in [0.2, 0.25) is 0 Å². The zero-order valence-electron chi connectivity index (χ0n) is 19.1. The van der Waals surface area contributed by atoms with E-state index in [1.807, 2.05) is 49.4 Å². The van der Waals surface area contributed by atoms with Crippen molar-refractivity contribution in [3.63, 3.8) is 0 Å². The molecular formula is C31H26O2. The van der Waals surface area contributed by atoms with Crippen LogP contribution in [0.15, 0.2) is 78.9 Å². The molecule has 2 heteroatoms. The Morgan fingerprint density at radius 1 is 0.545 bits per heavy atom. The van der Waals surface area contributed by atoms with Crippen molar-refractivity contribution < 1.29 is 9.59 Å². The Hall–Kier alpha value is -4.04. The van der Waals surface area contributed by atoms with Crippen LogP contribution >= 0.6 is 0 Å². The smallest absolute Gasteiger partial charge is 0.150 e. The number of hydrogen-bond donors (Lipinski definition) is 0. The van der Waals surface area contributed by atoms with Crippen LogP contribution in [-0.4, -0.2) is 12.6 Å². The summed E-state index contributed by atoms with van der Waals surface area (Å²) < 4.78 is 0. The molecule has 4 aromatic rings. The van der Waals surface area contributed by atoms with Crippen LogP contribution in [0.1, 0.15) is 48.5 Å². The van der Waals surface area contributed by atoms with Crippen molar-refractivity contribution in [2.75, 3.05) is 0 Å². The fourth-order valence-electron chi connectivity index (χ4n) is 4.24. The second kappa shape index (κ2) is 9.62. The lowest BCUT2D eigenvalue weighted by atomic mass is 9.89. The summed E-state index contributed by atoms with van der Waals surface area (Å²) in [5.74, 6) is 0. The molecule has 0 aliphatic heterocycles. The molecule has 0 atom stereocenters. The van der Waals surface area contributed by atoms with Crippen molar-refractivity contribution in [3.05, 3.63) is 118 Å². The monoisotopic (exact) mass is 430 g/mol. The van der Waals surface area contributed by atoms with Crippen molar-refractivity contribution >= 4 is 24.7 Å². The Balaban J connectivity index is 1.75. The molecule has 0 aromatic heterocycles. The quantitative estimate of drug-likeness (QED) is 0.231. The summed E-state index contributed by atoms with van der Waals surface area (Å²) in [5.41, 5.74) is 11.6. The van der Waals surface area contributed by atoms with Crippen LogP contribution in [0, 0.1) is 20.8 Å². The zero-order chi connectivity index (χ0) is 23.4. The van der Waals surface area contributed by atoms with Gasteiger partial charge in [-0.05, 0) is 83.0 Å². The van der Waals surface area contributed by atoms with E-state index in [0.29, 0.717) is 11.1 Å². The average molecular weight is 431 g/mol. The molecule has 0 aliphatic carbocycles. The predicted molar refractivity (Wildman–Crippen MR) is 138 cm³/mol. The van der Waals surface area contributed by atoms with E-state index in [9.17, 15) is 9.59 Å². The molecule has 0 radical (unpaired) electrons. The lowest BCUT2D eigenvalue weighted by molar-refractivity contribution is 0.111. The Morgan fingerprint density at radius 2 is 1.15 bits per heavy atom. The highest BCUT2D eigenvalue weighted by atomic mass is 16.1. The topological polar surface area (TPSA) is 34.1 Å². The summed E-state index contributed by atoms with van der Waals surface area (Å²) in [6, 6.07) is 26.1. The Morgan fingerprint density at radius 3 is 1.91 bits per heavy atom. The number of carbonyl (C=O) groups excluding carboxylic acids is 2.